The van der Waals surface area contributed by atoms with Crippen molar-refractivity contribution in [3.63, 3.8) is 0 Å². The fraction of sp³-hybridized carbons (Fsp3) is 0.529. The summed E-state index contributed by atoms with van der Waals surface area (Å²) < 4.78 is 8.16. The molecule has 1 N–H and O–H groups in total. The van der Waals surface area contributed by atoms with Crippen LogP contribution in [-0.2, 0) is 17.9 Å². The molecule has 2 heterocycles. The third kappa shape index (κ3) is 3.12. The molecule has 1 aliphatic heterocycles. The summed E-state index contributed by atoms with van der Waals surface area (Å²) in [5, 5.41) is 10.5. The van der Waals surface area contributed by atoms with Gasteiger partial charge >= 0.3 is 0 Å². The van der Waals surface area contributed by atoms with Gasteiger partial charge < -0.3 is 14.4 Å². The van der Waals surface area contributed by atoms with Crippen LogP contribution in [0.1, 0.15) is 19.4 Å². The number of morpholine rings is 1. The Morgan fingerprint density at radius 2 is 2.19 bits per heavy atom. The monoisotopic (exact) mass is 288 g/mol. The van der Waals surface area contributed by atoms with Crippen LogP contribution in [0.5, 0.6) is 0 Å². The molecule has 4 heteroatoms. The van der Waals surface area contributed by atoms with E-state index in [4.69, 9.17) is 4.74 Å². The van der Waals surface area contributed by atoms with Crippen molar-refractivity contribution in [1.29, 1.82) is 0 Å². The Morgan fingerprint density at radius 3 is 2.95 bits per heavy atom. The second kappa shape index (κ2) is 6.18. The molecule has 0 bridgehead atoms. The predicted molar refractivity (Wildman–Crippen MR) is 84.3 cm³/mol. The zero-order valence-electron chi connectivity index (χ0n) is 12.8. The van der Waals surface area contributed by atoms with Crippen molar-refractivity contribution >= 4 is 10.9 Å². The van der Waals surface area contributed by atoms with E-state index in [1.807, 2.05) is 6.07 Å². The van der Waals surface area contributed by atoms with Gasteiger partial charge in [-0.1, -0.05) is 12.1 Å². The van der Waals surface area contributed by atoms with E-state index in [0.29, 0.717) is 6.04 Å². The van der Waals surface area contributed by atoms with Crippen LogP contribution in [-0.4, -0.2) is 46.4 Å². The Balaban J connectivity index is 1.78. The van der Waals surface area contributed by atoms with Gasteiger partial charge in [0.15, 0.2) is 0 Å². The summed E-state index contributed by atoms with van der Waals surface area (Å²) in [6, 6.07) is 8.81. The largest absolute Gasteiger partial charge is 0.392 e. The highest BCUT2D eigenvalue weighted by Crippen LogP contribution is 2.20. The smallest absolute Gasteiger partial charge is 0.0881 e. The molecule has 1 aromatic carbocycles. The predicted octanol–water partition coefficient (Wildman–Crippen LogP) is 2.24. The van der Waals surface area contributed by atoms with E-state index >= 15 is 0 Å². The van der Waals surface area contributed by atoms with Crippen molar-refractivity contribution in [2.75, 3.05) is 19.7 Å². The number of hydrogen-bond donors (Lipinski definition) is 1. The summed E-state index contributed by atoms with van der Waals surface area (Å²) in [6.45, 7) is 8.24. The molecule has 0 aliphatic carbocycles. The molecule has 21 heavy (non-hydrogen) atoms. The Kier molecular flexibility index (Phi) is 4.29. The topological polar surface area (TPSA) is 37.6 Å². The maximum atomic E-state index is 9.30. The summed E-state index contributed by atoms with van der Waals surface area (Å²) in [5.74, 6) is 0. The summed E-state index contributed by atoms with van der Waals surface area (Å²) in [7, 11) is 0. The van der Waals surface area contributed by atoms with Crippen LogP contribution in [0, 0.1) is 0 Å². The fourth-order valence-electron chi connectivity index (χ4n) is 3.03. The van der Waals surface area contributed by atoms with Crippen molar-refractivity contribution < 1.29 is 9.84 Å². The second-order valence-electron chi connectivity index (χ2n) is 6.10. The molecule has 1 aliphatic rings. The number of nitrogens with zero attached hydrogens (tertiary/aromatic N) is 2. The zero-order valence-corrected chi connectivity index (χ0v) is 12.8. The van der Waals surface area contributed by atoms with Gasteiger partial charge in [0.1, 0.15) is 0 Å². The minimum Gasteiger partial charge on any atom is -0.392 e. The third-order valence-corrected chi connectivity index (χ3v) is 4.32. The standard InChI is InChI=1S/C17H24N2O2/c1-13(2)18-7-8-21-16(10-18)11-19-6-5-15-4-3-14(12-20)9-17(15)19/h3-6,9,13,16,20H,7-8,10-12H2,1-2H3. The molecule has 4 nitrogen and oxygen atoms in total. The normalized spacial score (nSPS) is 20.5. The summed E-state index contributed by atoms with van der Waals surface area (Å²) in [6.07, 6.45) is 2.35. The highest BCUT2D eigenvalue weighted by atomic mass is 16.5. The van der Waals surface area contributed by atoms with E-state index in [0.717, 1.165) is 31.8 Å². The summed E-state index contributed by atoms with van der Waals surface area (Å²) in [4.78, 5) is 2.47. The molecule has 1 fully saturated rings. The minimum absolute atomic E-state index is 0.0855. The van der Waals surface area contributed by atoms with E-state index in [9.17, 15) is 5.11 Å². The first kappa shape index (κ1) is 14.6. The number of ether oxygens (including phenoxy) is 1. The Morgan fingerprint density at radius 1 is 1.33 bits per heavy atom. The molecule has 0 saturated carbocycles. The summed E-state index contributed by atoms with van der Waals surface area (Å²) in [5.41, 5.74) is 2.13. The maximum Gasteiger partial charge on any atom is 0.0881 e. The van der Waals surface area contributed by atoms with Gasteiger partial charge in [-0.05, 0) is 36.9 Å². The lowest BCUT2D eigenvalue weighted by molar-refractivity contribution is -0.0451. The van der Waals surface area contributed by atoms with Crippen LogP contribution >= 0.6 is 0 Å². The number of aliphatic hydroxyl groups is 1. The van der Waals surface area contributed by atoms with Gasteiger partial charge in [0.2, 0.25) is 0 Å². The van der Waals surface area contributed by atoms with E-state index in [1.165, 1.54) is 10.9 Å². The van der Waals surface area contributed by atoms with Crippen molar-refractivity contribution in [3.8, 4) is 0 Å². The molecule has 1 aromatic heterocycles. The first-order chi connectivity index (χ1) is 10.2. The van der Waals surface area contributed by atoms with Crippen LogP contribution in [0.25, 0.3) is 10.9 Å². The lowest BCUT2D eigenvalue weighted by Gasteiger charge is -2.35. The SMILES string of the molecule is CC(C)N1CCOC(Cn2ccc3ccc(CO)cc32)C1. The van der Waals surface area contributed by atoms with Gasteiger partial charge in [-0.3, -0.25) is 4.90 Å². The Labute approximate surface area is 125 Å². The van der Waals surface area contributed by atoms with Crippen molar-refractivity contribution in [2.45, 2.75) is 39.1 Å². The second-order valence-corrected chi connectivity index (χ2v) is 6.10. The molecule has 1 unspecified atom stereocenters. The van der Waals surface area contributed by atoms with Crippen molar-refractivity contribution in [2.24, 2.45) is 0 Å². The fourth-order valence-corrected chi connectivity index (χ4v) is 3.03. The first-order valence-corrected chi connectivity index (χ1v) is 7.71. The van der Waals surface area contributed by atoms with Crippen LogP contribution in [0.2, 0.25) is 0 Å². The molecular formula is C17H24N2O2. The van der Waals surface area contributed by atoms with Crippen LogP contribution in [0.15, 0.2) is 30.5 Å². The minimum atomic E-state index is 0.0855. The number of rotatable bonds is 4. The average Bonchev–Trinajstić information content (AvgIpc) is 2.89. The molecule has 1 saturated heterocycles. The zero-order chi connectivity index (χ0) is 14.8. The number of benzene rings is 1. The number of fused-ring (bicyclic) bond motifs is 1. The maximum absolute atomic E-state index is 9.30. The van der Waals surface area contributed by atoms with E-state index in [1.54, 1.807) is 0 Å². The molecule has 2 aromatic rings. The van der Waals surface area contributed by atoms with Gasteiger partial charge in [0.25, 0.3) is 0 Å². The first-order valence-electron chi connectivity index (χ1n) is 7.71. The molecule has 3 rings (SSSR count). The lowest BCUT2D eigenvalue weighted by atomic mass is 10.1. The molecule has 114 valence electrons. The lowest BCUT2D eigenvalue weighted by Crippen LogP contribution is -2.47. The van der Waals surface area contributed by atoms with Gasteiger partial charge in [0, 0.05) is 30.8 Å². The van der Waals surface area contributed by atoms with Gasteiger partial charge in [-0.25, -0.2) is 0 Å². The highest BCUT2D eigenvalue weighted by Gasteiger charge is 2.22. The van der Waals surface area contributed by atoms with Crippen molar-refractivity contribution in [3.05, 3.63) is 36.0 Å². The summed E-state index contributed by atoms with van der Waals surface area (Å²) >= 11 is 0. The Hall–Kier alpha value is -1.36. The van der Waals surface area contributed by atoms with Crippen LogP contribution < -0.4 is 0 Å². The molecule has 1 atom stereocenters. The van der Waals surface area contributed by atoms with Crippen molar-refractivity contribution in [1.82, 2.24) is 9.47 Å². The Bertz CT molecular complexity index is 606. The quantitative estimate of drug-likeness (QED) is 0.937. The average molecular weight is 288 g/mol. The molecule has 0 spiro atoms. The third-order valence-electron chi connectivity index (χ3n) is 4.32. The molecular weight excluding hydrogens is 264 g/mol. The number of aliphatic hydroxyl groups excluding tert-OH is 1. The molecule has 0 amide bonds. The highest BCUT2D eigenvalue weighted by molar-refractivity contribution is 5.80. The number of aromatic nitrogens is 1. The van der Waals surface area contributed by atoms with E-state index in [2.05, 4.69) is 47.7 Å². The molecule has 0 radical (unpaired) electrons. The van der Waals surface area contributed by atoms with Crippen LogP contribution in [0.3, 0.4) is 0 Å². The van der Waals surface area contributed by atoms with Gasteiger partial charge in [-0.2, -0.15) is 0 Å². The van der Waals surface area contributed by atoms with Crippen LogP contribution in [0.4, 0.5) is 0 Å². The van der Waals surface area contributed by atoms with E-state index < -0.39 is 0 Å². The van der Waals surface area contributed by atoms with Gasteiger partial charge in [-0.15, -0.1) is 0 Å². The van der Waals surface area contributed by atoms with Gasteiger partial charge in [0.05, 0.1) is 25.9 Å². The number of hydrogen-bond acceptors (Lipinski definition) is 3. The van der Waals surface area contributed by atoms with E-state index in [-0.39, 0.29) is 12.7 Å².